The normalized spacial score (nSPS) is 16.4. The number of aryl methyl sites for hydroxylation is 1. The summed E-state index contributed by atoms with van der Waals surface area (Å²) in [4.78, 5) is 12.5. The van der Waals surface area contributed by atoms with Crippen molar-refractivity contribution in [2.45, 2.75) is 45.8 Å². The lowest BCUT2D eigenvalue weighted by atomic mass is 10.0. The third-order valence-corrected chi connectivity index (χ3v) is 5.60. The molecule has 1 aromatic heterocycles. The van der Waals surface area contributed by atoms with Crippen LogP contribution in [0.5, 0.6) is 0 Å². The molecule has 0 radical (unpaired) electrons. The second-order valence-corrected chi connectivity index (χ2v) is 8.32. The van der Waals surface area contributed by atoms with Crippen LogP contribution in [0.3, 0.4) is 0 Å². The third-order valence-electron chi connectivity index (χ3n) is 4.70. The smallest absolute Gasteiger partial charge is 0.191 e. The third kappa shape index (κ3) is 5.97. The number of nitrogens with zero attached hydrogens (tertiary/aromatic N) is 3. The van der Waals surface area contributed by atoms with E-state index in [2.05, 4.69) is 32.4 Å². The van der Waals surface area contributed by atoms with Crippen molar-refractivity contribution in [2.75, 3.05) is 19.6 Å². The van der Waals surface area contributed by atoms with E-state index in [1.807, 2.05) is 13.1 Å². The summed E-state index contributed by atoms with van der Waals surface area (Å²) in [5, 5.41) is 7.82. The number of aromatic nitrogens is 1. The number of benzene rings is 1. The molecule has 2 heterocycles. The molecule has 3 rings (SSSR count). The molecule has 0 unspecified atom stereocenters. The summed E-state index contributed by atoms with van der Waals surface area (Å²) in [5.41, 5.74) is 0.805. The van der Waals surface area contributed by atoms with Gasteiger partial charge in [-0.25, -0.2) is 18.8 Å². The van der Waals surface area contributed by atoms with Gasteiger partial charge in [-0.2, -0.15) is 0 Å². The molecule has 1 saturated heterocycles. The van der Waals surface area contributed by atoms with Crippen molar-refractivity contribution in [2.24, 2.45) is 4.99 Å². The Morgan fingerprint density at radius 2 is 2.07 bits per heavy atom. The van der Waals surface area contributed by atoms with Gasteiger partial charge in [0.1, 0.15) is 5.01 Å². The molecule has 0 atom stereocenters. The monoisotopic (exact) mass is 407 g/mol. The van der Waals surface area contributed by atoms with Crippen LogP contribution in [0.1, 0.15) is 35.2 Å². The fraction of sp³-hybridized carbons (Fsp3) is 0.500. The van der Waals surface area contributed by atoms with Crippen LogP contribution in [-0.2, 0) is 13.1 Å². The minimum atomic E-state index is -0.796. The Morgan fingerprint density at radius 3 is 2.71 bits per heavy atom. The Hall–Kier alpha value is -2.06. The molecule has 1 fully saturated rings. The van der Waals surface area contributed by atoms with Crippen molar-refractivity contribution in [3.8, 4) is 0 Å². The highest BCUT2D eigenvalue weighted by Crippen LogP contribution is 2.16. The van der Waals surface area contributed by atoms with Gasteiger partial charge in [-0.05, 0) is 44.4 Å². The van der Waals surface area contributed by atoms with Crippen LogP contribution in [0.4, 0.5) is 8.78 Å². The fourth-order valence-electron chi connectivity index (χ4n) is 3.27. The number of aliphatic imine (C=N–C) groups is 1. The first-order valence-corrected chi connectivity index (χ1v) is 10.5. The average Bonchev–Trinajstić information content (AvgIpc) is 3.10. The van der Waals surface area contributed by atoms with Crippen LogP contribution in [0, 0.1) is 18.6 Å². The minimum Gasteiger partial charge on any atom is -0.357 e. The Morgan fingerprint density at radius 1 is 1.29 bits per heavy atom. The van der Waals surface area contributed by atoms with Crippen LogP contribution in [0.25, 0.3) is 0 Å². The molecule has 8 heteroatoms. The molecule has 0 aliphatic carbocycles. The lowest BCUT2D eigenvalue weighted by Crippen LogP contribution is -2.48. The first-order valence-electron chi connectivity index (χ1n) is 9.66. The Labute approximate surface area is 168 Å². The maximum atomic E-state index is 13.4. The predicted octanol–water partition coefficient (Wildman–Crippen LogP) is 3.45. The Balaban J connectivity index is 1.49. The summed E-state index contributed by atoms with van der Waals surface area (Å²) in [6.45, 7) is 7.92. The van der Waals surface area contributed by atoms with Crippen molar-refractivity contribution < 1.29 is 8.78 Å². The maximum Gasteiger partial charge on any atom is 0.191 e. The van der Waals surface area contributed by atoms with Crippen LogP contribution in [0.2, 0.25) is 0 Å². The van der Waals surface area contributed by atoms with Gasteiger partial charge in [-0.3, -0.25) is 4.90 Å². The summed E-state index contributed by atoms with van der Waals surface area (Å²) >= 11 is 1.67. The molecule has 1 aromatic carbocycles. The van der Waals surface area contributed by atoms with Crippen LogP contribution < -0.4 is 10.6 Å². The van der Waals surface area contributed by atoms with Crippen molar-refractivity contribution in [3.05, 3.63) is 51.5 Å². The topological polar surface area (TPSA) is 52.6 Å². The molecule has 0 amide bonds. The largest absolute Gasteiger partial charge is 0.357 e. The second-order valence-electron chi connectivity index (χ2n) is 7.00. The molecule has 1 aliphatic rings. The number of piperidine rings is 1. The zero-order valence-corrected chi connectivity index (χ0v) is 17.2. The van der Waals surface area contributed by atoms with E-state index >= 15 is 0 Å². The van der Waals surface area contributed by atoms with Gasteiger partial charge in [0.2, 0.25) is 0 Å². The molecule has 1 aliphatic heterocycles. The maximum absolute atomic E-state index is 13.4. The standard InChI is InChI=1S/C20H27F2N5S/c1-3-23-20(25-12-19-24-11-14(2)28-19)26-16-6-8-27(9-7-16)13-15-4-5-17(21)18(22)10-15/h4-5,10-11,16H,3,6-9,12-13H2,1-2H3,(H2,23,25,26). The SMILES string of the molecule is CCNC(=NCc1ncc(C)s1)NC1CCN(Cc2ccc(F)c(F)c2)CC1. The van der Waals surface area contributed by atoms with Gasteiger partial charge in [0.25, 0.3) is 0 Å². The molecule has 152 valence electrons. The van der Waals surface area contributed by atoms with Gasteiger partial charge < -0.3 is 10.6 Å². The van der Waals surface area contributed by atoms with E-state index in [4.69, 9.17) is 0 Å². The fourth-order valence-corrected chi connectivity index (χ4v) is 3.98. The molecule has 28 heavy (non-hydrogen) atoms. The van der Waals surface area contributed by atoms with E-state index in [1.165, 1.54) is 17.0 Å². The predicted molar refractivity (Wildman–Crippen MR) is 109 cm³/mol. The number of hydrogen-bond donors (Lipinski definition) is 2. The molecule has 5 nitrogen and oxygen atoms in total. The Kier molecular flexibility index (Phi) is 7.33. The van der Waals surface area contributed by atoms with Gasteiger partial charge in [0.15, 0.2) is 17.6 Å². The van der Waals surface area contributed by atoms with E-state index in [-0.39, 0.29) is 0 Å². The minimum absolute atomic E-state index is 0.344. The first kappa shape index (κ1) is 20.7. The summed E-state index contributed by atoms with van der Waals surface area (Å²) in [6, 6.07) is 4.48. The lowest BCUT2D eigenvalue weighted by Gasteiger charge is -2.33. The van der Waals surface area contributed by atoms with Crippen molar-refractivity contribution >= 4 is 17.3 Å². The van der Waals surface area contributed by atoms with Crippen molar-refractivity contribution in [3.63, 3.8) is 0 Å². The van der Waals surface area contributed by atoms with Crippen LogP contribution >= 0.6 is 11.3 Å². The molecule has 2 aromatic rings. The van der Waals surface area contributed by atoms with E-state index in [0.29, 0.717) is 19.1 Å². The number of guanidine groups is 1. The van der Waals surface area contributed by atoms with Crippen LogP contribution in [0.15, 0.2) is 29.4 Å². The first-order chi connectivity index (χ1) is 13.5. The number of nitrogens with one attached hydrogen (secondary N) is 2. The lowest BCUT2D eigenvalue weighted by molar-refractivity contribution is 0.198. The van der Waals surface area contributed by atoms with Gasteiger partial charge in [-0.1, -0.05) is 6.07 Å². The molecule has 0 bridgehead atoms. The summed E-state index contributed by atoms with van der Waals surface area (Å²) in [7, 11) is 0. The van der Waals surface area contributed by atoms with Crippen LogP contribution in [-0.4, -0.2) is 41.5 Å². The highest BCUT2D eigenvalue weighted by Gasteiger charge is 2.20. The van der Waals surface area contributed by atoms with E-state index in [1.54, 1.807) is 17.4 Å². The average molecular weight is 408 g/mol. The quantitative estimate of drug-likeness (QED) is 0.569. The zero-order chi connectivity index (χ0) is 19.9. The number of halogens is 2. The molecule has 2 N–H and O–H groups in total. The second kappa shape index (κ2) is 9.93. The van der Waals surface area contributed by atoms with E-state index in [0.717, 1.165) is 49.0 Å². The molecular weight excluding hydrogens is 380 g/mol. The van der Waals surface area contributed by atoms with Gasteiger partial charge >= 0.3 is 0 Å². The Bertz CT molecular complexity index is 800. The zero-order valence-electron chi connectivity index (χ0n) is 16.3. The molecule has 0 saturated carbocycles. The summed E-state index contributed by atoms with van der Waals surface area (Å²) in [6.07, 6.45) is 3.83. The highest BCUT2D eigenvalue weighted by atomic mass is 32.1. The molecule has 0 spiro atoms. The van der Waals surface area contributed by atoms with Gasteiger partial charge in [0.05, 0.1) is 6.54 Å². The van der Waals surface area contributed by atoms with Crippen molar-refractivity contribution in [1.29, 1.82) is 0 Å². The number of likely N-dealkylation sites (tertiary alicyclic amines) is 1. The number of hydrogen-bond acceptors (Lipinski definition) is 4. The highest BCUT2D eigenvalue weighted by molar-refractivity contribution is 7.11. The van der Waals surface area contributed by atoms with Crippen molar-refractivity contribution in [1.82, 2.24) is 20.5 Å². The summed E-state index contributed by atoms with van der Waals surface area (Å²) < 4.78 is 26.4. The summed E-state index contributed by atoms with van der Waals surface area (Å²) in [5.74, 6) is -0.764. The number of thiazole rings is 1. The van der Waals surface area contributed by atoms with Gasteiger partial charge in [-0.15, -0.1) is 11.3 Å². The number of rotatable bonds is 6. The van der Waals surface area contributed by atoms with E-state index < -0.39 is 11.6 Å². The van der Waals surface area contributed by atoms with Gasteiger partial charge in [0, 0.05) is 43.3 Å². The van der Waals surface area contributed by atoms with E-state index in [9.17, 15) is 8.78 Å². The molecular formula is C20H27F2N5S.